The zero-order valence-electron chi connectivity index (χ0n) is 11.1. The summed E-state index contributed by atoms with van der Waals surface area (Å²) in [5, 5.41) is 5.57. The third kappa shape index (κ3) is 4.88. The van der Waals surface area contributed by atoms with E-state index < -0.39 is 10.0 Å². The third-order valence-electron chi connectivity index (χ3n) is 2.33. The standard InChI is InChI=1S/C12H19N3O3S/c1-3-13-12(16)9-14-10-5-7-11(8-6-10)19(17,18)15-4-2/h5-8,14-15H,3-4,9H2,1-2H3,(H,13,16). The second-order valence-electron chi connectivity index (χ2n) is 3.83. The molecule has 0 aliphatic heterocycles. The smallest absolute Gasteiger partial charge is 0.240 e. The van der Waals surface area contributed by atoms with Crippen LogP contribution >= 0.6 is 0 Å². The molecule has 1 rings (SSSR count). The van der Waals surface area contributed by atoms with Gasteiger partial charge in [0.25, 0.3) is 0 Å². The van der Waals surface area contributed by atoms with E-state index in [1.807, 2.05) is 6.92 Å². The molecule has 3 N–H and O–H groups in total. The summed E-state index contributed by atoms with van der Waals surface area (Å²) < 4.78 is 25.8. The molecule has 0 spiro atoms. The highest BCUT2D eigenvalue weighted by molar-refractivity contribution is 7.89. The summed E-state index contributed by atoms with van der Waals surface area (Å²) in [5.41, 5.74) is 0.696. The molecular weight excluding hydrogens is 266 g/mol. The van der Waals surface area contributed by atoms with Crippen molar-refractivity contribution in [1.82, 2.24) is 10.0 Å². The molecule has 0 atom stereocenters. The van der Waals surface area contributed by atoms with Crippen molar-refractivity contribution >= 4 is 21.6 Å². The van der Waals surface area contributed by atoms with Crippen LogP contribution in [0.25, 0.3) is 0 Å². The van der Waals surface area contributed by atoms with Crippen LogP contribution in [0.1, 0.15) is 13.8 Å². The van der Waals surface area contributed by atoms with Gasteiger partial charge in [0.15, 0.2) is 0 Å². The number of hydrogen-bond donors (Lipinski definition) is 3. The van der Waals surface area contributed by atoms with Crippen LogP contribution in [0.3, 0.4) is 0 Å². The largest absolute Gasteiger partial charge is 0.376 e. The lowest BCUT2D eigenvalue weighted by molar-refractivity contribution is -0.119. The number of anilines is 1. The van der Waals surface area contributed by atoms with Crippen molar-refractivity contribution in [3.8, 4) is 0 Å². The van der Waals surface area contributed by atoms with Gasteiger partial charge in [-0.05, 0) is 31.2 Å². The van der Waals surface area contributed by atoms with E-state index in [2.05, 4.69) is 15.4 Å². The average Bonchev–Trinajstić information content (AvgIpc) is 2.37. The van der Waals surface area contributed by atoms with Crippen molar-refractivity contribution in [2.75, 3.05) is 25.0 Å². The highest BCUT2D eigenvalue weighted by Crippen LogP contribution is 2.13. The Balaban J connectivity index is 2.64. The molecule has 1 amide bonds. The topological polar surface area (TPSA) is 87.3 Å². The summed E-state index contributed by atoms with van der Waals surface area (Å²) in [5.74, 6) is -0.105. The molecule has 1 aromatic rings. The molecular formula is C12H19N3O3S. The van der Waals surface area contributed by atoms with Crippen molar-refractivity contribution in [1.29, 1.82) is 0 Å². The van der Waals surface area contributed by atoms with Gasteiger partial charge in [0.1, 0.15) is 0 Å². The second kappa shape index (κ2) is 7.10. The lowest BCUT2D eigenvalue weighted by Gasteiger charge is -2.08. The summed E-state index contributed by atoms with van der Waals surface area (Å²) in [6, 6.07) is 6.25. The minimum atomic E-state index is -3.42. The predicted molar refractivity (Wildman–Crippen MR) is 74.5 cm³/mol. The fourth-order valence-corrected chi connectivity index (χ4v) is 2.51. The van der Waals surface area contributed by atoms with Crippen LogP contribution in [0.5, 0.6) is 0 Å². The van der Waals surface area contributed by atoms with Crippen molar-refractivity contribution in [3.63, 3.8) is 0 Å². The molecule has 7 heteroatoms. The molecule has 0 saturated carbocycles. The molecule has 0 unspecified atom stereocenters. The maximum Gasteiger partial charge on any atom is 0.240 e. The Morgan fingerprint density at radius 3 is 2.26 bits per heavy atom. The fourth-order valence-electron chi connectivity index (χ4n) is 1.47. The number of carbonyl (C=O) groups excluding carboxylic acids is 1. The summed E-state index contributed by atoms with van der Waals surface area (Å²) in [6.07, 6.45) is 0. The summed E-state index contributed by atoms with van der Waals surface area (Å²) in [4.78, 5) is 11.5. The Hall–Kier alpha value is -1.60. The van der Waals surface area contributed by atoms with Crippen LogP contribution in [0.2, 0.25) is 0 Å². The van der Waals surface area contributed by atoms with Crippen molar-refractivity contribution in [3.05, 3.63) is 24.3 Å². The van der Waals surface area contributed by atoms with Crippen LogP contribution in [-0.2, 0) is 14.8 Å². The quantitative estimate of drug-likeness (QED) is 0.682. The van der Waals surface area contributed by atoms with E-state index >= 15 is 0 Å². The summed E-state index contributed by atoms with van der Waals surface area (Å²) in [7, 11) is -3.42. The highest BCUT2D eigenvalue weighted by Gasteiger charge is 2.11. The molecule has 0 aliphatic carbocycles. The van der Waals surface area contributed by atoms with Gasteiger partial charge in [0.05, 0.1) is 11.4 Å². The average molecular weight is 285 g/mol. The van der Waals surface area contributed by atoms with Gasteiger partial charge in [0.2, 0.25) is 15.9 Å². The Labute approximate surface area is 113 Å². The maximum absolute atomic E-state index is 11.7. The van der Waals surface area contributed by atoms with Crippen molar-refractivity contribution in [2.24, 2.45) is 0 Å². The number of benzene rings is 1. The van der Waals surface area contributed by atoms with Gasteiger partial charge in [-0.3, -0.25) is 4.79 Å². The van der Waals surface area contributed by atoms with E-state index in [1.165, 1.54) is 12.1 Å². The van der Waals surface area contributed by atoms with Crippen LogP contribution in [0, 0.1) is 0 Å². The molecule has 0 radical (unpaired) electrons. The predicted octanol–water partition coefficient (Wildman–Crippen LogP) is 0.533. The van der Waals surface area contributed by atoms with Gasteiger partial charge in [-0.25, -0.2) is 13.1 Å². The lowest BCUT2D eigenvalue weighted by atomic mass is 10.3. The SMILES string of the molecule is CCNC(=O)CNc1ccc(S(=O)(=O)NCC)cc1. The van der Waals surface area contributed by atoms with Gasteiger partial charge >= 0.3 is 0 Å². The van der Waals surface area contributed by atoms with E-state index in [-0.39, 0.29) is 17.3 Å². The first-order chi connectivity index (χ1) is 8.99. The first kappa shape index (κ1) is 15.5. The number of carbonyl (C=O) groups is 1. The summed E-state index contributed by atoms with van der Waals surface area (Å²) in [6.45, 7) is 4.66. The third-order valence-corrected chi connectivity index (χ3v) is 3.89. The van der Waals surface area contributed by atoms with Crippen LogP contribution in [-0.4, -0.2) is 34.0 Å². The fraction of sp³-hybridized carbons (Fsp3) is 0.417. The van der Waals surface area contributed by atoms with E-state index in [4.69, 9.17) is 0 Å². The van der Waals surface area contributed by atoms with E-state index in [1.54, 1.807) is 19.1 Å². The molecule has 0 aliphatic rings. The van der Waals surface area contributed by atoms with Gasteiger partial charge in [-0.1, -0.05) is 6.92 Å². The molecule has 0 fully saturated rings. The zero-order chi connectivity index (χ0) is 14.3. The minimum absolute atomic E-state index is 0.105. The number of nitrogens with one attached hydrogen (secondary N) is 3. The van der Waals surface area contributed by atoms with Crippen LogP contribution in [0.4, 0.5) is 5.69 Å². The monoisotopic (exact) mass is 285 g/mol. The van der Waals surface area contributed by atoms with Crippen molar-refractivity contribution < 1.29 is 13.2 Å². The van der Waals surface area contributed by atoms with Gasteiger partial charge in [0, 0.05) is 18.8 Å². The Bertz CT molecular complexity index is 512. The zero-order valence-corrected chi connectivity index (χ0v) is 11.9. The molecule has 106 valence electrons. The molecule has 1 aromatic carbocycles. The van der Waals surface area contributed by atoms with Crippen molar-refractivity contribution in [2.45, 2.75) is 18.7 Å². The molecule has 19 heavy (non-hydrogen) atoms. The molecule has 6 nitrogen and oxygen atoms in total. The number of likely N-dealkylation sites (N-methyl/N-ethyl adjacent to an activating group) is 1. The van der Waals surface area contributed by atoms with E-state index in [0.29, 0.717) is 18.8 Å². The minimum Gasteiger partial charge on any atom is -0.376 e. The maximum atomic E-state index is 11.7. The number of sulfonamides is 1. The van der Waals surface area contributed by atoms with Gasteiger partial charge in [-0.15, -0.1) is 0 Å². The van der Waals surface area contributed by atoms with Crippen LogP contribution < -0.4 is 15.4 Å². The lowest BCUT2D eigenvalue weighted by Crippen LogP contribution is -2.29. The summed E-state index contributed by atoms with van der Waals surface area (Å²) >= 11 is 0. The molecule has 0 heterocycles. The van der Waals surface area contributed by atoms with E-state index in [9.17, 15) is 13.2 Å². The first-order valence-electron chi connectivity index (χ1n) is 6.10. The van der Waals surface area contributed by atoms with Crippen LogP contribution in [0.15, 0.2) is 29.2 Å². The Morgan fingerprint density at radius 2 is 1.74 bits per heavy atom. The van der Waals surface area contributed by atoms with Gasteiger partial charge in [-0.2, -0.15) is 0 Å². The normalized spacial score (nSPS) is 11.1. The highest BCUT2D eigenvalue weighted by atomic mass is 32.2. The number of hydrogen-bond acceptors (Lipinski definition) is 4. The number of amides is 1. The molecule has 0 aromatic heterocycles. The second-order valence-corrected chi connectivity index (χ2v) is 5.60. The molecule has 0 bridgehead atoms. The van der Waals surface area contributed by atoms with Gasteiger partial charge < -0.3 is 10.6 Å². The Morgan fingerprint density at radius 1 is 1.11 bits per heavy atom. The van der Waals surface area contributed by atoms with E-state index in [0.717, 1.165) is 0 Å². The Kier molecular flexibility index (Phi) is 5.78. The first-order valence-corrected chi connectivity index (χ1v) is 7.58. The number of rotatable bonds is 7. The molecule has 0 saturated heterocycles.